The van der Waals surface area contributed by atoms with Crippen molar-refractivity contribution in [1.82, 2.24) is 0 Å². The topological polar surface area (TPSA) is 21.3 Å². The van der Waals surface area contributed by atoms with E-state index >= 15 is 0 Å². The van der Waals surface area contributed by atoms with Gasteiger partial charge in [0.2, 0.25) is 0 Å². The fourth-order valence-electron chi connectivity index (χ4n) is 1.52. The highest BCUT2D eigenvalue weighted by Gasteiger charge is 2.04. The Hall–Kier alpha value is -1.26. The van der Waals surface area contributed by atoms with E-state index in [1.54, 1.807) is 23.5 Å². The van der Waals surface area contributed by atoms with Crippen LogP contribution in [0.25, 0.3) is 0 Å². The van der Waals surface area contributed by atoms with E-state index in [4.69, 9.17) is 16.3 Å². The molecule has 0 amide bonds. The monoisotopic (exact) mass is 285 g/mol. The Morgan fingerprint density at radius 1 is 1.39 bits per heavy atom. The standard InChI is InChI=1S/C13H13ClFNOS/c1-2-17-13-4-3-10(6-12(13)15)16-7-11-5-9(14)8-18-11/h3-6,8,16H,2,7H2,1H3. The van der Waals surface area contributed by atoms with E-state index in [1.165, 1.54) is 6.07 Å². The SMILES string of the molecule is CCOc1ccc(NCc2cc(Cl)cs2)cc1F. The Bertz CT molecular complexity index is 529. The molecule has 1 N–H and O–H groups in total. The van der Waals surface area contributed by atoms with Crippen LogP contribution in [-0.2, 0) is 6.54 Å². The van der Waals surface area contributed by atoms with E-state index in [1.807, 2.05) is 18.4 Å². The first-order valence-electron chi connectivity index (χ1n) is 5.58. The molecule has 0 fully saturated rings. The van der Waals surface area contributed by atoms with Crippen LogP contribution in [0.15, 0.2) is 29.6 Å². The summed E-state index contributed by atoms with van der Waals surface area (Å²) in [5.41, 5.74) is 0.723. The van der Waals surface area contributed by atoms with Crippen LogP contribution in [0.3, 0.4) is 0 Å². The van der Waals surface area contributed by atoms with Gasteiger partial charge in [-0.2, -0.15) is 0 Å². The van der Waals surface area contributed by atoms with Crippen LogP contribution >= 0.6 is 22.9 Å². The molecule has 2 rings (SSSR count). The maximum absolute atomic E-state index is 13.6. The molecule has 0 spiro atoms. The van der Waals surface area contributed by atoms with E-state index in [2.05, 4.69) is 5.32 Å². The molecule has 0 bridgehead atoms. The highest BCUT2D eigenvalue weighted by Crippen LogP contribution is 2.23. The second kappa shape index (κ2) is 6.07. The van der Waals surface area contributed by atoms with Gasteiger partial charge in [0.1, 0.15) is 0 Å². The summed E-state index contributed by atoms with van der Waals surface area (Å²) < 4.78 is 18.7. The van der Waals surface area contributed by atoms with E-state index in [0.29, 0.717) is 13.2 Å². The predicted octanol–water partition coefficient (Wildman–Crippen LogP) is 4.55. The summed E-state index contributed by atoms with van der Waals surface area (Å²) in [7, 11) is 0. The summed E-state index contributed by atoms with van der Waals surface area (Å²) in [5.74, 6) is -0.0757. The Balaban J connectivity index is 1.99. The van der Waals surface area contributed by atoms with Gasteiger partial charge in [-0.05, 0) is 25.1 Å². The molecule has 0 aliphatic heterocycles. The van der Waals surface area contributed by atoms with Crippen molar-refractivity contribution in [2.24, 2.45) is 0 Å². The van der Waals surface area contributed by atoms with E-state index in [-0.39, 0.29) is 11.6 Å². The van der Waals surface area contributed by atoms with Crippen LogP contribution in [0, 0.1) is 5.82 Å². The van der Waals surface area contributed by atoms with Crippen LogP contribution in [0.5, 0.6) is 5.75 Å². The molecule has 0 aliphatic carbocycles. The van der Waals surface area contributed by atoms with Crippen LogP contribution < -0.4 is 10.1 Å². The Labute approximate surface area is 114 Å². The lowest BCUT2D eigenvalue weighted by Crippen LogP contribution is -1.99. The van der Waals surface area contributed by atoms with Crippen molar-refractivity contribution in [2.45, 2.75) is 13.5 Å². The van der Waals surface area contributed by atoms with Gasteiger partial charge in [-0.1, -0.05) is 11.6 Å². The highest BCUT2D eigenvalue weighted by atomic mass is 35.5. The summed E-state index contributed by atoms with van der Waals surface area (Å²) in [6.07, 6.45) is 0. The fourth-order valence-corrected chi connectivity index (χ4v) is 2.53. The minimum Gasteiger partial charge on any atom is -0.491 e. The Kier molecular flexibility index (Phi) is 4.44. The van der Waals surface area contributed by atoms with Crippen molar-refractivity contribution in [3.05, 3.63) is 45.4 Å². The van der Waals surface area contributed by atoms with Gasteiger partial charge in [0.05, 0.1) is 11.6 Å². The first-order valence-corrected chi connectivity index (χ1v) is 6.84. The van der Waals surface area contributed by atoms with Gasteiger partial charge in [0.25, 0.3) is 0 Å². The third kappa shape index (κ3) is 3.37. The number of hydrogen-bond donors (Lipinski definition) is 1. The first-order chi connectivity index (χ1) is 8.69. The molecule has 2 nitrogen and oxygen atoms in total. The van der Waals surface area contributed by atoms with Crippen molar-refractivity contribution in [3.8, 4) is 5.75 Å². The minimum absolute atomic E-state index is 0.280. The van der Waals surface area contributed by atoms with Crippen LogP contribution in [0.4, 0.5) is 10.1 Å². The molecule has 1 aromatic carbocycles. The predicted molar refractivity (Wildman–Crippen MR) is 74.2 cm³/mol. The molecule has 1 heterocycles. The molecule has 0 atom stereocenters. The maximum atomic E-state index is 13.6. The number of halogens is 2. The number of thiophene rings is 1. The average Bonchev–Trinajstić information content (AvgIpc) is 2.76. The molecule has 1 aromatic heterocycles. The van der Waals surface area contributed by atoms with Gasteiger partial charge in [-0.25, -0.2) is 4.39 Å². The lowest BCUT2D eigenvalue weighted by molar-refractivity contribution is 0.321. The van der Waals surface area contributed by atoms with E-state index < -0.39 is 0 Å². The van der Waals surface area contributed by atoms with Gasteiger partial charge in [0, 0.05) is 28.6 Å². The minimum atomic E-state index is -0.355. The Morgan fingerprint density at radius 2 is 2.22 bits per heavy atom. The average molecular weight is 286 g/mol. The number of benzene rings is 1. The molecular weight excluding hydrogens is 273 g/mol. The number of nitrogens with one attached hydrogen (secondary N) is 1. The number of hydrogen-bond acceptors (Lipinski definition) is 3. The number of rotatable bonds is 5. The van der Waals surface area contributed by atoms with Crippen molar-refractivity contribution in [2.75, 3.05) is 11.9 Å². The third-order valence-electron chi connectivity index (χ3n) is 2.32. The van der Waals surface area contributed by atoms with Gasteiger partial charge in [-0.3, -0.25) is 0 Å². The number of anilines is 1. The van der Waals surface area contributed by atoms with Crippen LogP contribution in [0.1, 0.15) is 11.8 Å². The Morgan fingerprint density at radius 3 is 2.83 bits per heavy atom. The zero-order valence-electron chi connectivity index (χ0n) is 9.87. The molecular formula is C13H13ClFNOS. The lowest BCUT2D eigenvalue weighted by atomic mass is 10.3. The van der Waals surface area contributed by atoms with Crippen molar-refractivity contribution < 1.29 is 9.13 Å². The third-order valence-corrected chi connectivity index (χ3v) is 3.60. The van der Waals surface area contributed by atoms with Crippen molar-refractivity contribution in [3.63, 3.8) is 0 Å². The maximum Gasteiger partial charge on any atom is 0.167 e. The lowest BCUT2D eigenvalue weighted by Gasteiger charge is -2.08. The van der Waals surface area contributed by atoms with Gasteiger partial charge in [-0.15, -0.1) is 11.3 Å². The molecule has 0 unspecified atom stereocenters. The number of ether oxygens (including phenoxy) is 1. The molecule has 0 saturated heterocycles. The summed E-state index contributed by atoms with van der Waals surface area (Å²) in [6, 6.07) is 6.75. The molecule has 96 valence electrons. The van der Waals surface area contributed by atoms with Crippen molar-refractivity contribution in [1.29, 1.82) is 0 Å². The van der Waals surface area contributed by atoms with Gasteiger partial charge < -0.3 is 10.1 Å². The smallest absolute Gasteiger partial charge is 0.167 e. The fraction of sp³-hybridized carbons (Fsp3) is 0.231. The van der Waals surface area contributed by atoms with Gasteiger partial charge >= 0.3 is 0 Å². The first kappa shape index (κ1) is 13.2. The molecule has 0 radical (unpaired) electrons. The molecule has 0 aliphatic rings. The zero-order valence-corrected chi connectivity index (χ0v) is 11.4. The van der Waals surface area contributed by atoms with Crippen LogP contribution in [0.2, 0.25) is 5.02 Å². The normalized spacial score (nSPS) is 10.4. The molecule has 18 heavy (non-hydrogen) atoms. The summed E-state index contributed by atoms with van der Waals surface area (Å²) >= 11 is 7.40. The second-order valence-electron chi connectivity index (χ2n) is 3.66. The van der Waals surface area contributed by atoms with Crippen molar-refractivity contribution >= 4 is 28.6 Å². The largest absolute Gasteiger partial charge is 0.491 e. The highest BCUT2D eigenvalue weighted by molar-refractivity contribution is 7.10. The van der Waals surface area contributed by atoms with Crippen LogP contribution in [-0.4, -0.2) is 6.61 Å². The molecule has 2 aromatic rings. The second-order valence-corrected chi connectivity index (χ2v) is 5.10. The zero-order chi connectivity index (χ0) is 13.0. The molecule has 0 saturated carbocycles. The van der Waals surface area contributed by atoms with E-state index in [9.17, 15) is 4.39 Å². The quantitative estimate of drug-likeness (QED) is 0.870. The summed E-state index contributed by atoms with van der Waals surface area (Å²) in [6.45, 7) is 2.91. The summed E-state index contributed by atoms with van der Waals surface area (Å²) in [4.78, 5) is 1.11. The van der Waals surface area contributed by atoms with Gasteiger partial charge in [0.15, 0.2) is 11.6 Å². The van der Waals surface area contributed by atoms with E-state index in [0.717, 1.165) is 15.6 Å². The summed E-state index contributed by atoms with van der Waals surface area (Å²) in [5, 5.41) is 5.74. The molecule has 5 heteroatoms.